The van der Waals surface area contributed by atoms with Crippen LogP contribution in [0.15, 0.2) is 30.5 Å². The Hall–Kier alpha value is -2.15. The normalized spacial score (nSPS) is 22.2. The summed E-state index contributed by atoms with van der Waals surface area (Å²) in [5.74, 6) is 0.926. The maximum absolute atomic E-state index is 13.0. The zero-order valence-electron chi connectivity index (χ0n) is 19.2. The number of likely N-dealkylation sites (tertiary alicyclic amines) is 2. The zero-order chi connectivity index (χ0) is 23.0. The lowest BCUT2D eigenvalue weighted by molar-refractivity contribution is 0.0568. The van der Waals surface area contributed by atoms with Crippen LogP contribution < -0.4 is 4.74 Å². The molecular formula is C25H32ClN3O3. The average Bonchev–Trinajstić information content (AvgIpc) is 3.37. The molecule has 6 nitrogen and oxygen atoms in total. The van der Waals surface area contributed by atoms with Gasteiger partial charge in [-0.15, -0.1) is 0 Å². The number of ether oxygens (including phenoxy) is 1. The van der Waals surface area contributed by atoms with Crippen LogP contribution in [0.3, 0.4) is 0 Å². The summed E-state index contributed by atoms with van der Waals surface area (Å²) >= 11 is 5.86. The highest BCUT2D eigenvalue weighted by molar-refractivity contribution is 6.29. The van der Waals surface area contributed by atoms with Crippen molar-refractivity contribution < 1.29 is 14.6 Å². The standard InChI is InChI=1S/C25H32ClN3O3/c1-15(30)9-10-32-23-7-6-22(16(2)17(23)3)18(4)28-13-21-11-20(28)14-29(21)25(31)19-5-8-24(26)27-12-19/h5-8,12,15,18,20-21,30H,9-11,13-14H2,1-4H3/t15-,18-,20+,21+/m0/s1. The fraction of sp³-hybridized carbons (Fsp3) is 0.520. The first kappa shape index (κ1) is 23.0. The van der Waals surface area contributed by atoms with Gasteiger partial charge in [0.2, 0.25) is 0 Å². The Labute approximate surface area is 195 Å². The Morgan fingerprint density at radius 2 is 1.97 bits per heavy atom. The van der Waals surface area contributed by atoms with Gasteiger partial charge >= 0.3 is 0 Å². The van der Waals surface area contributed by atoms with Gasteiger partial charge in [0.15, 0.2) is 0 Å². The van der Waals surface area contributed by atoms with Crippen molar-refractivity contribution in [3.63, 3.8) is 0 Å². The maximum Gasteiger partial charge on any atom is 0.255 e. The number of rotatable bonds is 7. The Bertz CT molecular complexity index is 979. The van der Waals surface area contributed by atoms with Gasteiger partial charge in [0, 0.05) is 43.8 Å². The molecule has 2 bridgehead atoms. The van der Waals surface area contributed by atoms with Gasteiger partial charge < -0.3 is 14.7 Å². The second kappa shape index (κ2) is 9.38. The van der Waals surface area contributed by atoms with Crippen LogP contribution in [-0.2, 0) is 0 Å². The predicted molar refractivity (Wildman–Crippen MR) is 125 cm³/mol. The molecule has 1 amide bonds. The van der Waals surface area contributed by atoms with Crippen LogP contribution in [0.4, 0.5) is 0 Å². The summed E-state index contributed by atoms with van der Waals surface area (Å²) in [5.41, 5.74) is 4.29. The number of aliphatic hydroxyl groups is 1. The fourth-order valence-corrected chi connectivity index (χ4v) is 5.14. The van der Waals surface area contributed by atoms with Crippen molar-refractivity contribution in [3.05, 3.63) is 57.9 Å². The van der Waals surface area contributed by atoms with Gasteiger partial charge in [0.05, 0.1) is 18.3 Å². The number of fused-ring (bicyclic) bond motifs is 2. The van der Waals surface area contributed by atoms with Crippen LogP contribution in [0.25, 0.3) is 0 Å². The van der Waals surface area contributed by atoms with E-state index in [9.17, 15) is 9.90 Å². The van der Waals surface area contributed by atoms with Crippen molar-refractivity contribution in [1.29, 1.82) is 0 Å². The molecule has 2 aromatic rings. The number of piperazine rings is 1. The molecule has 172 valence electrons. The molecule has 2 aliphatic rings. The Morgan fingerprint density at radius 3 is 2.59 bits per heavy atom. The van der Waals surface area contributed by atoms with Crippen molar-refractivity contribution in [2.45, 2.75) is 64.8 Å². The summed E-state index contributed by atoms with van der Waals surface area (Å²) in [4.78, 5) is 21.5. The molecule has 0 aliphatic carbocycles. The van der Waals surface area contributed by atoms with Gasteiger partial charge in [-0.2, -0.15) is 0 Å². The number of pyridine rings is 1. The van der Waals surface area contributed by atoms with Crippen molar-refractivity contribution in [1.82, 2.24) is 14.8 Å². The Morgan fingerprint density at radius 1 is 1.19 bits per heavy atom. The number of nitrogens with zero attached hydrogens (tertiary/aromatic N) is 3. The van der Waals surface area contributed by atoms with E-state index in [-0.39, 0.29) is 24.1 Å². The number of hydrogen-bond acceptors (Lipinski definition) is 5. The number of halogens is 1. The number of aliphatic hydroxyl groups excluding tert-OH is 1. The molecule has 1 aromatic heterocycles. The first-order valence-electron chi connectivity index (χ1n) is 11.4. The van der Waals surface area contributed by atoms with Crippen LogP contribution in [-0.4, -0.2) is 63.7 Å². The molecule has 2 fully saturated rings. The zero-order valence-corrected chi connectivity index (χ0v) is 20.0. The minimum Gasteiger partial charge on any atom is -0.493 e. The second-order valence-electron chi connectivity index (χ2n) is 9.13. The van der Waals surface area contributed by atoms with Gasteiger partial charge in [-0.3, -0.25) is 9.69 Å². The average molecular weight is 458 g/mol. The molecule has 0 saturated carbocycles. The van der Waals surface area contributed by atoms with E-state index in [0.29, 0.717) is 29.8 Å². The first-order valence-corrected chi connectivity index (χ1v) is 11.7. The van der Waals surface area contributed by atoms with E-state index in [1.807, 2.05) is 11.0 Å². The van der Waals surface area contributed by atoms with Crippen molar-refractivity contribution in [2.24, 2.45) is 0 Å². The van der Waals surface area contributed by atoms with Crippen LogP contribution in [0, 0.1) is 13.8 Å². The van der Waals surface area contributed by atoms with E-state index in [4.69, 9.17) is 16.3 Å². The molecule has 4 atom stereocenters. The lowest BCUT2D eigenvalue weighted by atomic mass is 9.96. The summed E-state index contributed by atoms with van der Waals surface area (Å²) in [6, 6.07) is 8.49. The number of carbonyl (C=O) groups is 1. The SMILES string of the molecule is Cc1c(OCC[C@H](C)O)ccc([C@H](C)N2C[C@H]3C[C@@H]2CN3C(=O)c2ccc(Cl)nc2)c1C. The van der Waals surface area contributed by atoms with E-state index >= 15 is 0 Å². The van der Waals surface area contributed by atoms with Crippen molar-refractivity contribution >= 4 is 17.5 Å². The summed E-state index contributed by atoms with van der Waals surface area (Å²) in [6.45, 7) is 10.4. The number of amides is 1. The number of benzene rings is 1. The van der Waals surface area contributed by atoms with Crippen LogP contribution in [0.1, 0.15) is 59.8 Å². The lowest BCUT2D eigenvalue weighted by Crippen LogP contribution is -2.49. The van der Waals surface area contributed by atoms with Crippen LogP contribution >= 0.6 is 11.6 Å². The second-order valence-corrected chi connectivity index (χ2v) is 9.52. The van der Waals surface area contributed by atoms with E-state index in [2.05, 4.69) is 36.7 Å². The molecule has 2 saturated heterocycles. The first-order chi connectivity index (χ1) is 15.3. The van der Waals surface area contributed by atoms with Gasteiger partial charge in [0.1, 0.15) is 10.9 Å². The Kier molecular flexibility index (Phi) is 6.75. The minimum absolute atomic E-state index is 0.0414. The molecule has 4 rings (SSSR count). The largest absolute Gasteiger partial charge is 0.493 e. The van der Waals surface area contributed by atoms with Crippen LogP contribution in [0.5, 0.6) is 5.75 Å². The highest BCUT2D eigenvalue weighted by atomic mass is 35.5. The fourth-order valence-electron chi connectivity index (χ4n) is 5.03. The number of carbonyl (C=O) groups excluding carboxylic acids is 1. The van der Waals surface area contributed by atoms with Gasteiger partial charge in [-0.05, 0) is 69.0 Å². The number of aromatic nitrogens is 1. The molecule has 32 heavy (non-hydrogen) atoms. The third-order valence-electron chi connectivity index (χ3n) is 7.04. The topological polar surface area (TPSA) is 65.9 Å². The maximum atomic E-state index is 13.0. The highest BCUT2D eigenvalue weighted by Gasteiger charge is 2.47. The van der Waals surface area contributed by atoms with Crippen molar-refractivity contribution in [2.75, 3.05) is 19.7 Å². The minimum atomic E-state index is -0.358. The molecule has 7 heteroatoms. The molecule has 0 spiro atoms. The van der Waals surface area contributed by atoms with Gasteiger partial charge in [-0.1, -0.05) is 17.7 Å². The van der Waals surface area contributed by atoms with Crippen LogP contribution in [0.2, 0.25) is 5.15 Å². The van der Waals surface area contributed by atoms with Crippen molar-refractivity contribution in [3.8, 4) is 5.75 Å². The highest BCUT2D eigenvalue weighted by Crippen LogP contribution is 2.39. The smallest absolute Gasteiger partial charge is 0.255 e. The molecule has 0 unspecified atom stereocenters. The summed E-state index contributed by atoms with van der Waals surface area (Å²) in [7, 11) is 0. The quantitative estimate of drug-likeness (QED) is 0.632. The summed E-state index contributed by atoms with van der Waals surface area (Å²) < 4.78 is 5.90. The predicted octanol–water partition coefficient (Wildman–Crippen LogP) is 4.16. The summed E-state index contributed by atoms with van der Waals surface area (Å²) in [6.07, 6.45) is 2.84. The van der Waals surface area contributed by atoms with Gasteiger partial charge in [0.25, 0.3) is 5.91 Å². The third-order valence-corrected chi connectivity index (χ3v) is 7.26. The monoisotopic (exact) mass is 457 g/mol. The lowest BCUT2D eigenvalue weighted by Gasteiger charge is -2.38. The van der Waals surface area contributed by atoms with E-state index in [0.717, 1.165) is 30.8 Å². The van der Waals surface area contributed by atoms with Gasteiger partial charge in [-0.25, -0.2) is 4.98 Å². The Balaban J connectivity index is 1.42. The van der Waals surface area contributed by atoms with E-state index < -0.39 is 0 Å². The van der Waals surface area contributed by atoms with E-state index in [1.165, 1.54) is 11.1 Å². The third kappa shape index (κ3) is 4.49. The molecule has 0 radical (unpaired) electrons. The molecule has 1 aromatic carbocycles. The van der Waals surface area contributed by atoms with E-state index in [1.54, 1.807) is 25.3 Å². The molecule has 3 heterocycles. The summed E-state index contributed by atoms with van der Waals surface area (Å²) in [5, 5.41) is 9.85. The molecule has 2 aliphatic heterocycles. The molecule has 1 N–H and O–H groups in total. The molecular weight excluding hydrogens is 426 g/mol. The number of hydrogen-bond donors (Lipinski definition) is 1.